The van der Waals surface area contributed by atoms with Crippen molar-refractivity contribution in [1.82, 2.24) is 0 Å². The monoisotopic (exact) mass is 337 g/mol. The molecule has 120 valence electrons. The molecule has 2 rings (SSSR count). The van der Waals surface area contributed by atoms with Gasteiger partial charge in [-0.25, -0.2) is 9.18 Å². The number of carbonyl (C=O) groups excluding carboxylic acids is 2. The summed E-state index contributed by atoms with van der Waals surface area (Å²) in [6.45, 7) is 0. The van der Waals surface area contributed by atoms with E-state index in [1.54, 1.807) is 12.1 Å². The first kappa shape index (κ1) is 16.6. The molecule has 0 saturated heterocycles. The number of urea groups is 1. The Morgan fingerprint density at radius 3 is 2.57 bits per heavy atom. The molecule has 23 heavy (non-hydrogen) atoms. The van der Waals surface area contributed by atoms with Gasteiger partial charge in [-0.1, -0.05) is 11.6 Å². The van der Waals surface area contributed by atoms with Crippen molar-refractivity contribution < 1.29 is 18.7 Å². The molecule has 0 spiro atoms. The molecule has 0 saturated carbocycles. The van der Waals surface area contributed by atoms with Crippen LogP contribution < -0.4 is 21.1 Å². The lowest BCUT2D eigenvalue weighted by Gasteiger charge is -2.11. The molecule has 0 unspecified atom stereocenters. The molecule has 0 radical (unpaired) electrons. The van der Waals surface area contributed by atoms with Crippen LogP contribution in [0.5, 0.6) is 5.75 Å². The number of anilines is 2. The average molecular weight is 338 g/mol. The number of hydrogen-bond donors (Lipinski definition) is 3. The van der Waals surface area contributed by atoms with E-state index in [0.717, 1.165) is 12.1 Å². The van der Waals surface area contributed by atoms with E-state index >= 15 is 0 Å². The minimum atomic E-state index is -0.787. The van der Waals surface area contributed by atoms with E-state index < -0.39 is 17.8 Å². The minimum absolute atomic E-state index is 0.00905. The lowest BCUT2D eigenvalue weighted by atomic mass is 10.1. The van der Waals surface area contributed by atoms with Crippen LogP contribution in [0.1, 0.15) is 10.4 Å². The number of rotatable bonds is 4. The molecule has 8 heteroatoms. The van der Waals surface area contributed by atoms with Crippen LogP contribution >= 0.6 is 11.6 Å². The molecular formula is C15H13ClFN3O3. The summed E-state index contributed by atoms with van der Waals surface area (Å²) in [5, 5.41) is 5.23. The Morgan fingerprint density at radius 2 is 1.91 bits per heavy atom. The fraction of sp³-hybridized carbons (Fsp3) is 0.0667. The zero-order valence-corrected chi connectivity index (χ0v) is 12.8. The van der Waals surface area contributed by atoms with Gasteiger partial charge in [0.15, 0.2) is 0 Å². The Hall–Kier alpha value is -2.80. The Morgan fingerprint density at radius 1 is 1.17 bits per heavy atom. The number of carbonyl (C=O) groups is 2. The van der Waals surface area contributed by atoms with Crippen LogP contribution in [-0.4, -0.2) is 19.0 Å². The SMILES string of the molecule is COc1cc(Cl)cc(NC(=O)Nc2cc(F)ccc2C(N)=O)c1. The van der Waals surface area contributed by atoms with Crippen LogP contribution in [0, 0.1) is 5.82 Å². The molecule has 0 aliphatic heterocycles. The molecule has 0 aliphatic rings. The molecule has 0 fully saturated rings. The third-order valence-corrected chi connectivity index (χ3v) is 3.08. The third kappa shape index (κ3) is 4.33. The number of primary amides is 1. The smallest absolute Gasteiger partial charge is 0.323 e. The van der Waals surface area contributed by atoms with Crippen molar-refractivity contribution in [2.75, 3.05) is 17.7 Å². The molecule has 4 N–H and O–H groups in total. The van der Waals surface area contributed by atoms with Gasteiger partial charge < -0.3 is 21.1 Å². The summed E-state index contributed by atoms with van der Waals surface area (Å²) in [4.78, 5) is 23.3. The van der Waals surface area contributed by atoms with Gasteiger partial charge in [-0.3, -0.25) is 4.79 Å². The first-order valence-electron chi connectivity index (χ1n) is 6.41. The maximum absolute atomic E-state index is 13.3. The lowest BCUT2D eigenvalue weighted by Crippen LogP contribution is -2.22. The Kier molecular flexibility index (Phi) is 5.02. The van der Waals surface area contributed by atoms with Crippen LogP contribution in [0.15, 0.2) is 36.4 Å². The fourth-order valence-corrected chi connectivity index (χ4v) is 2.10. The van der Waals surface area contributed by atoms with Gasteiger partial charge in [-0.15, -0.1) is 0 Å². The van der Waals surface area contributed by atoms with Gasteiger partial charge in [0.2, 0.25) is 0 Å². The summed E-state index contributed by atoms with van der Waals surface area (Å²) in [6.07, 6.45) is 0. The molecule has 2 aromatic rings. The second kappa shape index (κ2) is 6.97. The summed E-state index contributed by atoms with van der Waals surface area (Å²) in [5.41, 5.74) is 5.50. The maximum Gasteiger partial charge on any atom is 0.323 e. The number of amides is 3. The topological polar surface area (TPSA) is 93.4 Å². The predicted octanol–water partition coefficient (Wildman–Crippen LogP) is 3.23. The molecule has 0 atom stereocenters. The molecule has 0 aliphatic carbocycles. The fourth-order valence-electron chi connectivity index (χ4n) is 1.87. The van der Waals surface area contributed by atoms with E-state index in [1.807, 2.05) is 0 Å². The van der Waals surface area contributed by atoms with Crippen molar-refractivity contribution in [3.63, 3.8) is 0 Å². The Bertz CT molecular complexity index is 768. The highest BCUT2D eigenvalue weighted by molar-refractivity contribution is 6.31. The van der Waals surface area contributed by atoms with E-state index in [2.05, 4.69) is 10.6 Å². The number of ether oxygens (including phenoxy) is 1. The van der Waals surface area contributed by atoms with Gasteiger partial charge in [0, 0.05) is 16.8 Å². The summed E-state index contributed by atoms with van der Waals surface area (Å²) in [7, 11) is 1.46. The Balaban J connectivity index is 2.19. The number of halogens is 2. The minimum Gasteiger partial charge on any atom is -0.497 e. The first-order valence-corrected chi connectivity index (χ1v) is 6.79. The predicted molar refractivity (Wildman–Crippen MR) is 85.6 cm³/mol. The normalized spacial score (nSPS) is 10.0. The first-order chi connectivity index (χ1) is 10.9. The van der Waals surface area contributed by atoms with E-state index in [9.17, 15) is 14.0 Å². The summed E-state index contributed by atoms with van der Waals surface area (Å²) in [6, 6.07) is 7.19. The third-order valence-electron chi connectivity index (χ3n) is 2.86. The zero-order valence-electron chi connectivity index (χ0n) is 12.0. The van der Waals surface area contributed by atoms with Crippen LogP contribution in [0.2, 0.25) is 5.02 Å². The molecular weight excluding hydrogens is 325 g/mol. The van der Waals surface area contributed by atoms with Gasteiger partial charge >= 0.3 is 6.03 Å². The largest absolute Gasteiger partial charge is 0.497 e. The number of hydrogen-bond acceptors (Lipinski definition) is 3. The van der Waals surface area contributed by atoms with Gasteiger partial charge in [0.25, 0.3) is 5.91 Å². The van der Waals surface area contributed by atoms with E-state index in [-0.39, 0.29) is 11.3 Å². The van der Waals surface area contributed by atoms with Gasteiger partial charge in [0.1, 0.15) is 11.6 Å². The number of methoxy groups -OCH3 is 1. The van der Waals surface area contributed by atoms with Gasteiger partial charge in [0.05, 0.1) is 18.4 Å². The molecule has 0 heterocycles. The highest BCUT2D eigenvalue weighted by Crippen LogP contribution is 2.24. The van der Waals surface area contributed by atoms with Crippen LogP contribution in [0.25, 0.3) is 0 Å². The molecule has 0 aromatic heterocycles. The van der Waals surface area contributed by atoms with E-state index in [4.69, 9.17) is 22.1 Å². The molecule has 3 amide bonds. The van der Waals surface area contributed by atoms with Crippen molar-refractivity contribution in [3.8, 4) is 5.75 Å². The second-order valence-electron chi connectivity index (χ2n) is 4.51. The molecule has 0 bridgehead atoms. The number of nitrogens with one attached hydrogen (secondary N) is 2. The second-order valence-corrected chi connectivity index (χ2v) is 4.95. The van der Waals surface area contributed by atoms with Gasteiger partial charge in [-0.05, 0) is 30.3 Å². The standard InChI is InChI=1S/C15H13ClFN3O3/c1-23-11-5-8(16)4-10(7-11)19-15(22)20-13-6-9(17)2-3-12(13)14(18)21/h2-7H,1H3,(H2,18,21)(H2,19,20,22). The van der Waals surface area contributed by atoms with Crippen molar-refractivity contribution >= 4 is 34.9 Å². The van der Waals surface area contributed by atoms with Crippen molar-refractivity contribution in [3.05, 3.63) is 52.8 Å². The van der Waals surface area contributed by atoms with E-state index in [0.29, 0.717) is 16.5 Å². The van der Waals surface area contributed by atoms with Crippen molar-refractivity contribution in [2.24, 2.45) is 5.73 Å². The highest BCUT2D eigenvalue weighted by Gasteiger charge is 2.12. The number of nitrogens with two attached hydrogens (primary N) is 1. The van der Waals surface area contributed by atoms with Crippen LogP contribution in [0.3, 0.4) is 0 Å². The van der Waals surface area contributed by atoms with Crippen LogP contribution in [0.4, 0.5) is 20.6 Å². The maximum atomic E-state index is 13.3. The summed E-state index contributed by atoms with van der Waals surface area (Å²) in [5.74, 6) is -0.948. The molecule has 2 aromatic carbocycles. The van der Waals surface area contributed by atoms with Crippen molar-refractivity contribution in [2.45, 2.75) is 0 Å². The zero-order chi connectivity index (χ0) is 17.0. The Labute approximate surface area is 136 Å². The summed E-state index contributed by atoms with van der Waals surface area (Å²) >= 11 is 5.90. The highest BCUT2D eigenvalue weighted by atomic mass is 35.5. The molecule has 6 nitrogen and oxygen atoms in total. The lowest BCUT2D eigenvalue weighted by molar-refractivity contribution is 0.100. The van der Waals surface area contributed by atoms with E-state index in [1.165, 1.54) is 19.2 Å². The number of benzene rings is 2. The summed E-state index contributed by atoms with van der Waals surface area (Å²) < 4.78 is 18.3. The average Bonchev–Trinajstić information content (AvgIpc) is 2.46. The quantitative estimate of drug-likeness (QED) is 0.799. The van der Waals surface area contributed by atoms with Gasteiger partial charge in [-0.2, -0.15) is 0 Å². The van der Waals surface area contributed by atoms with Crippen LogP contribution in [-0.2, 0) is 0 Å². The van der Waals surface area contributed by atoms with Crippen molar-refractivity contribution in [1.29, 1.82) is 0 Å².